The number of carbonyl (C=O) groups excluding carboxylic acids is 1. The zero-order valence-electron chi connectivity index (χ0n) is 13.8. The lowest BCUT2D eigenvalue weighted by Crippen LogP contribution is -2.16. The smallest absolute Gasteiger partial charge is 0.258 e. The molecule has 0 bridgehead atoms. The van der Waals surface area contributed by atoms with Crippen LogP contribution in [-0.2, 0) is 6.54 Å². The molecule has 26 heavy (non-hydrogen) atoms. The van der Waals surface area contributed by atoms with Gasteiger partial charge in [-0.05, 0) is 28.5 Å². The van der Waals surface area contributed by atoms with Gasteiger partial charge in [0.1, 0.15) is 11.0 Å². The topological polar surface area (TPSA) is 59.8 Å². The fraction of sp³-hybridized carbons (Fsp3) is 0.0500. The van der Waals surface area contributed by atoms with Crippen LogP contribution in [0, 0.1) is 0 Å². The lowest BCUT2D eigenvalue weighted by Gasteiger charge is -2.11. The van der Waals surface area contributed by atoms with Gasteiger partial charge in [0, 0.05) is 12.3 Å². The monoisotopic (exact) mass is 362 g/mol. The van der Waals surface area contributed by atoms with Gasteiger partial charge in [-0.2, -0.15) is 5.10 Å². The van der Waals surface area contributed by atoms with E-state index < -0.39 is 0 Å². The largest absolute Gasteiger partial charge is 0.307 e. The molecule has 0 aliphatic heterocycles. The lowest BCUT2D eigenvalue weighted by atomic mass is 10.0. The summed E-state index contributed by atoms with van der Waals surface area (Å²) < 4.78 is 1.77. The number of aromatic nitrogens is 3. The molecule has 2 aromatic heterocycles. The average Bonchev–Trinajstić information content (AvgIpc) is 3.09. The van der Waals surface area contributed by atoms with E-state index in [4.69, 9.17) is 11.6 Å². The number of carbonyl (C=O) groups is 1. The molecule has 2 aromatic carbocycles. The van der Waals surface area contributed by atoms with Crippen molar-refractivity contribution in [1.82, 2.24) is 14.8 Å². The molecule has 5 nitrogen and oxygen atoms in total. The maximum absolute atomic E-state index is 12.4. The Morgan fingerprint density at radius 1 is 1.04 bits per heavy atom. The Morgan fingerprint density at radius 3 is 2.73 bits per heavy atom. The van der Waals surface area contributed by atoms with Crippen LogP contribution in [0.25, 0.3) is 10.8 Å². The Hall–Kier alpha value is -3.18. The quantitative estimate of drug-likeness (QED) is 0.548. The highest BCUT2D eigenvalue weighted by molar-refractivity contribution is 6.29. The van der Waals surface area contributed by atoms with Gasteiger partial charge in [0.2, 0.25) is 0 Å². The van der Waals surface area contributed by atoms with Gasteiger partial charge < -0.3 is 5.32 Å². The summed E-state index contributed by atoms with van der Waals surface area (Å²) in [6.07, 6.45) is 3.12. The maximum Gasteiger partial charge on any atom is 0.258 e. The third-order valence-corrected chi connectivity index (χ3v) is 4.37. The standard InChI is InChI=1S/C20H15ClN4O/c21-18-9-8-15(12-22-18)20(26)24-19-10-11-23-25(19)13-16-6-3-5-14-4-1-2-7-17(14)16/h1-12H,13H2,(H,24,26). The normalized spacial score (nSPS) is 10.8. The van der Waals surface area contributed by atoms with E-state index in [2.05, 4.69) is 39.7 Å². The third-order valence-electron chi connectivity index (χ3n) is 4.15. The molecule has 0 fully saturated rings. The molecule has 0 saturated heterocycles. The highest BCUT2D eigenvalue weighted by atomic mass is 35.5. The highest BCUT2D eigenvalue weighted by Gasteiger charge is 2.11. The fourth-order valence-corrected chi connectivity index (χ4v) is 2.97. The molecule has 0 atom stereocenters. The van der Waals surface area contributed by atoms with Crippen molar-refractivity contribution in [3.8, 4) is 0 Å². The summed E-state index contributed by atoms with van der Waals surface area (Å²) in [5, 5.41) is 9.91. The molecule has 2 heterocycles. The Bertz CT molecular complexity index is 1070. The van der Waals surface area contributed by atoms with Crippen molar-refractivity contribution in [2.45, 2.75) is 6.54 Å². The first-order valence-corrected chi connectivity index (χ1v) is 8.50. The van der Waals surface area contributed by atoms with Crippen molar-refractivity contribution >= 4 is 34.1 Å². The summed E-state index contributed by atoms with van der Waals surface area (Å²) >= 11 is 5.77. The molecule has 4 aromatic rings. The summed E-state index contributed by atoms with van der Waals surface area (Å²) in [5.41, 5.74) is 1.57. The molecule has 6 heteroatoms. The number of halogens is 1. The van der Waals surface area contributed by atoms with Crippen LogP contribution in [0.1, 0.15) is 15.9 Å². The summed E-state index contributed by atoms with van der Waals surface area (Å²) in [6.45, 7) is 0.558. The predicted octanol–water partition coefficient (Wildman–Crippen LogP) is 4.39. The zero-order chi connectivity index (χ0) is 17.9. The number of nitrogens with one attached hydrogen (secondary N) is 1. The van der Waals surface area contributed by atoms with Gasteiger partial charge in [0.25, 0.3) is 5.91 Å². The van der Waals surface area contributed by atoms with E-state index in [-0.39, 0.29) is 5.91 Å². The molecule has 0 radical (unpaired) electrons. The molecule has 0 aliphatic rings. The number of anilines is 1. The van der Waals surface area contributed by atoms with E-state index in [0.29, 0.717) is 23.1 Å². The molecule has 1 N–H and O–H groups in total. The van der Waals surface area contributed by atoms with Crippen molar-refractivity contribution in [2.24, 2.45) is 0 Å². The van der Waals surface area contributed by atoms with Crippen LogP contribution in [0.15, 0.2) is 73.1 Å². The molecular formula is C20H15ClN4O. The Kier molecular flexibility index (Phi) is 4.37. The fourth-order valence-electron chi connectivity index (χ4n) is 2.86. The Balaban J connectivity index is 1.59. The van der Waals surface area contributed by atoms with Crippen molar-refractivity contribution in [1.29, 1.82) is 0 Å². The first-order chi connectivity index (χ1) is 12.7. The first-order valence-electron chi connectivity index (χ1n) is 8.12. The Labute approximate surface area is 155 Å². The molecule has 1 amide bonds. The van der Waals surface area contributed by atoms with Gasteiger partial charge in [-0.3, -0.25) is 4.79 Å². The summed E-state index contributed by atoms with van der Waals surface area (Å²) in [5.74, 6) is 0.367. The van der Waals surface area contributed by atoms with Gasteiger partial charge >= 0.3 is 0 Å². The van der Waals surface area contributed by atoms with Crippen LogP contribution in [0.4, 0.5) is 5.82 Å². The molecule has 0 saturated carbocycles. The van der Waals surface area contributed by atoms with E-state index in [1.54, 1.807) is 29.1 Å². The van der Waals surface area contributed by atoms with Crippen molar-refractivity contribution < 1.29 is 4.79 Å². The van der Waals surface area contributed by atoms with Crippen LogP contribution in [-0.4, -0.2) is 20.7 Å². The first kappa shape index (κ1) is 16.3. The minimum atomic E-state index is -0.256. The molecule has 0 spiro atoms. The number of pyridine rings is 1. The predicted molar refractivity (Wildman–Crippen MR) is 102 cm³/mol. The zero-order valence-corrected chi connectivity index (χ0v) is 14.5. The minimum absolute atomic E-state index is 0.256. The van der Waals surface area contributed by atoms with Crippen LogP contribution < -0.4 is 5.32 Å². The minimum Gasteiger partial charge on any atom is -0.307 e. The van der Waals surface area contributed by atoms with E-state index in [0.717, 1.165) is 5.56 Å². The number of hydrogen-bond acceptors (Lipinski definition) is 3. The number of amides is 1. The van der Waals surface area contributed by atoms with Crippen LogP contribution in [0.3, 0.4) is 0 Å². The highest BCUT2D eigenvalue weighted by Crippen LogP contribution is 2.21. The molecule has 128 valence electrons. The molecule has 0 unspecified atom stereocenters. The molecule has 0 aliphatic carbocycles. The van der Waals surface area contributed by atoms with Gasteiger partial charge in [-0.25, -0.2) is 9.67 Å². The van der Waals surface area contributed by atoms with Gasteiger partial charge in [-0.1, -0.05) is 54.1 Å². The van der Waals surface area contributed by atoms with Gasteiger partial charge in [-0.15, -0.1) is 0 Å². The van der Waals surface area contributed by atoms with Crippen LogP contribution in [0.5, 0.6) is 0 Å². The van der Waals surface area contributed by atoms with Crippen molar-refractivity contribution in [2.75, 3.05) is 5.32 Å². The number of rotatable bonds is 4. The number of hydrogen-bond donors (Lipinski definition) is 1. The Morgan fingerprint density at radius 2 is 1.88 bits per heavy atom. The average molecular weight is 363 g/mol. The second kappa shape index (κ2) is 6.98. The van der Waals surface area contributed by atoms with E-state index in [9.17, 15) is 4.79 Å². The summed E-state index contributed by atoms with van der Waals surface area (Å²) in [6, 6.07) is 19.4. The number of benzene rings is 2. The van der Waals surface area contributed by atoms with Crippen LogP contribution >= 0.6 is 11.6 Å². The third kappa shape index (κ3) is 3.30. The van der Waals surface area contributed by atoms with Crippen molar-refractivity contribution in [3.63, 3.8) is 0 Å². The van der Waals surface area contributed by atoms with E-state index in [1.807, 2.05) is 18.2 Å². The number of fused-ring (bicyclic) bond motifs is 1. The van der Waals surface area contributed by atoms with E-state index in [1.165, 1.54) is 17.0 Å². The second-order valence-electron chi connectivity index (χ2n) is 5.84. The molecule has 4 rings (SSSR count). The van der Waals surface area contributed by atoms with Crippen LogP contribution in [0.2, 0.25) is 5.15 Å². The van der Waals surface area contributed by atoms with Gasteiger partial charge in [0.05, 0.1) is 18.3 Å². The van der Waals surface area contributed by atoms with Gasteiger partial charge in [0.15, 0.2) is 0 Å². The van der Waals surface area contributed by atoms with E-state index >= 15 is 0 Å². The molecular weight excluding hydrogens is 348 g/mol. The maximum atomic E-state index is 12.4. The lowest BCUT2D eigenvalue weighted by molar-refractivity contribution is 0.102. The van der Waals surface area contributed by atoms with Crippen molar-refractivity contribution in [3.05, 3.63) is 89.3 Å². The summed E-state index contributed by atoms with van der Waals surface area (Å²) in [4.78, 5) is 16.3. The number of nitrogens with zero attached hydrogens (tertiary/aromatic N) is 3. The SMILES string of the molecule is O=C(Nc1ccnn1Cc1cccc2ccccc12)c1ccc(Cl)nc1. The second-order valence-corrected chi connectivity index (χ2v) is 6.22. The summed E-state index contributed by atoms with van der Waals surface area (Å²) in [7, 11) is 0.